The van der Waals surface area contributed by atoms with E-state index in [1.807, 2.05) is 24.8 Å². The molecule has 0 radical (unpaired) electrons. The van der Waals surface area contributed by atoms with Gasteiger partial charge in [-0.3, -0.25) is 4.98 Å². The zero-order valence-corrected chi connectivity index (χ0v) is 9.41. The molecule has 2 aromatic rings. The Balaban J connectivity index is 2.58. The molecule has 0 saturated carbocycles. The zero-order valence-electron chi connectivity index (χ0n) is 9.41. The molecule has 0 bridgehead atoms. The number of aromatic nitrogens is 2. The van der Waals surface area contributed by atoms with Gasteiger partial charge in [-0.2, -0.15) is 0 Å². The van der Waals surface area contributed by atoms with Crippen LogP contribution in [-0.4, -0.2) is 9.97 Å². The quantitative estimate of drug-likeness (QED) is 0.751. The highest BCUT2D eigenvalue weighted by atomic mass is 14.6. The SMILES string of the molecule is CC(C)(C)c1ccncc1-c1cc[nH]c1. The Bertz CT molecular complexity index is 436. The average molecular weight is 200 g/mol. The molecule has 0 spiro atoms. The van der Waals surface area contributed by atoms with Gasteiger partial charge in [-0.25, -0.2) is 0 Å². The number of hydrogen-bond acceptors (Lipinski definition) is 1. The minimum absolute atomic E-state index is 0.148. The Kier molecular flexibility index (Phi) is 2.35. The van der Waals surface area contributed by atoms with Crippen molar-refractivity contribution >= 4 is 0 Å². The van der Waals surface area contributed by atoms with Gasteiger partial charge in [0.2, 0.25) is 0 Å². The Hall–Kier alpha value is -1.57. The molecule has 0 amide bonds. The highest BCUT2D eigenvalue weighted by Gasteiger charge is 2.18. The first kappa shape index (κ1) is 9.97. The van der Waals surface area contributed by atoms with Gasteiger partial charge in [0.15, 0.2) is 0 Å². The molecule has 2 heterocycles. The molecule has 0 atom stereocenters. The van der Waals surface area contributed by atoms with Crippen molar-refractivity contribution in [1.29, 1.82) is 0 Å². The second-order valence-corrected chi connectivity index (χ2v) is 4.77. The molecule has 2 rings (SSSR count). The fourth-order valence-electron chi connectivity index (χ4n) is 1.77. The first-order valence-corrected chi connectivity index (χ1v) is 5.17. The molecule has 0 aliphatic rings. The predicted octanol–water partition coefficient (Wildman–Crippen LogP) is 3.37. The standard InChI is InChI=1S/C13H16N2/c1-13(2,3)12-5-7-15-9-11(12)10-4-6-14-8-10/h4-9,14H,1-3H3. The van der Waals surface area contributed by atoms with Crippen LogP contribution in [0.25, 0.3) is 11.1 Å². The van der Waals surface area contributed by atoms with Crippen LogP contribution in [0.4, 0.5) is 0 Å². The monoisotopic (exact) mass is 200 g/mol. The van der Waals surface area contributed by atoms with E-state index in [0.717, 1.165) is 0 Å². The number of pyridine rings is 1. The summed E-state index contributed by atoms with van der Waals surface area (Å²) in [7, 11) is 0. The molecule has 0 unspecified atom stereocenters. The highest BCUT2D eigenvalue weighted by molar-refractivity contribution is 5.66. The molecule has 0 aliphatic heterocycles. The summed E-state index contributed by atoms with van der Waals surface area (Å²) in [6, 6.07) is 4.18. The first-order chi connectivity index (χ1) is 7.09. The van der Waals surface area contributed by atoms with Crippen molar-refractivity contribution in [1.82, 2.24) is 9.97 Å². The molecular formula is C13H16N2. The Morgan fingerprint density at radius 3 is 2.60 bits per heavy atom. The van der Waals surface area contributed by atoms with E-state index in [2.05, 4.69) is 42.9 Å². The number of rotatable bonds is 1. The van der Waals surface area contributed by atoms with Crippen LogP contribution >= 0.6 is 0 Å². The summed E-state index contributed by atoms with van der Waals surface area (Å²) in [5.74, 6) is 0. The van der Waals surface area contributed by atoms with Crippen LogP contribution in [0.5, 0.6) is 0 Å². The summed E-state index contributed by atoms with van der Waals surface area (Å²) in [6.45, 7) is 6.66. The van der Waals surface area contributed by atoms with Crippen LogP contribution in [0, 0.1) is 0 Å². The van der Waals surface area contributed by atoms with Gasteiger partial charge >= 0.3 is 0 Å². The number of H-pyrrole nitrogens is 1. The second kappa shape index (κ2) is 3.54. The minimum atomic E-state index is 0.148. The van der Waals surface area contributed by atoms with Crippen molar-refractivity contribution in [3.05, 3.63) is 42.5 Å². The number of nitrogens with zero attached hydrogens (tertiary/aromatic N) is 1. The summed E-state index contributed by atoms with van der Waals surface area (Å²) < 4.78 is 0. The second-order valence-electron chi connectivity index (χ2n) is 4.77. The van der Waals surface area contributed by atoms with Gasteiger partial charge in [0.05, 0.1) is 0 Å². The van der Waals surface area contributed by atoms with Crippen LogP contribution in [0.15, 0.2) is 36.9 Å². The smallest absolute Gasteiger partial charge is 0.0349 e. The molecule has 1 N–H and O–H groups in total. The highest BCUT2D eigenvalue weighted by Crippen LogP contribution is 2.31. The molecule has 15 heavy (non-hydrogen) atoms. The zero-order chi connectivity index (χ0) is 10.9. The normalized spacial score (nSPS) is 11.7. The van der Waals surface area contributed by atoms with Gasteiger partial charge in [-0.1, -0.05) is 20.8 Å². The molecule has 0 saturated heterocycles. The lowest BCUT2D eigenvalue weighted by atomic mass is 9.83. The fraction of sp³-hybridized carbons (Fsp3) is 0.308. The third-order valence-corrected chi connectivity index (χ3v) is 2.54. The minimum Gasteiger partial charge on any atom is -0.367 e. The molecule has 0 fully saturated rings. The van der Waals surface area contributed by atoms with Crippen LogP contribution in [0.3, 0.4) is 0 Å². The van der Waals surface area contributed by atoms with Gasteiger partial charge < -0.3 is 4.98 Å². The van der Waals surface area contributed by atoms with E-state index in [1.165, 1.54) is 16.7 Å². The van der Waals surface area contributed by atoms with Gasteiger partial charge in [-0.05, 0) is 23.1 Å². The van der Waals surface area contributed by atoms with Crippen LogP contribution in [0.1, 0.15) is 26.3 Å². The van der Waals surface area contributed by atoms with Gasteiger partial charge in [0.25, 0.3) is 0 Å². The lowest BCUT2D eigenvalue weighted by Gasteiger charge is -2.22. The number of aromatic amines is 1. The van der Waals surface area contributed by atoms with Gasteiger partial charge in [0, 0.05) is 35.9 Å². The molecule has 2 nitrogen and oxygen atoms in total. The molecule has 2 aromatic heterocycles. The van der Waals surface area contributed by atoms with Crippen molar-refractivity contribution in [3.63, 3.8) is 0 Å². The lowest BCUT2D eigenvalue weighted by molar-refractivity contribution is 0.591. The van der Waals surface area contributed by atoms with E-state index in [-0.39, 0.29) is 5.41 Å². The molecule has 0 aromatic carbocycles. The van der Waals surface area contributed by atoms with E-state index in [9.17, 15) is 0 Å². The summed E-state index contributed by atoms with van der Waals surface area (Å²) in [4.78, 5) is 7.28. The number of nitrogens with one attached hydrogen (secondary N) is 1. The first-order valence-electron chi connectivity index (χ1n) is 5.17. The average Bonchev–Trinajstić information content (AvgIpc) is 2.69. The Labute approximate surface area is 90.4 Å². The third kappa shape index (κ3) is 1.94. The van der Waals surface area contributed by atoms with Crippen LogP contribution in [0.2, 0.25) is 0 Å². The van der Waals surface area contributed by atoms with Crippen molar-refractivity contribution in [2.75, 3.05) is 0 Å². The molecule has 2 heteroatoms. The van der Waals surface area contributed by atoms with E-state index in [0.29, 0.717) is 0 Å². The van der Waals surface area contributed by atoms with Crippen molar-refractivity contribution < 1.29 is 0 Å². The van der Waals surface area contributed by atoms with Crippen molar-refractivity contribution in [2.45, 2.75) is 26.2 Å². The van der Waals surface area contributed by atoms with Crippen molar-refractivity contribution in [2.24, 2.45) is 0 Å². The number of hydrogen-bond donors (Lipinski definition) is 1. The Morgan fingerprint density at radius 2 is 2.00 bits per heavy atom. The maximum absolute atomic E-state index is 4.20. The molecular weight excluding hydrogens is 184 g/mol. The summed E-state index contributed by atoms with van der Waals surface area (Å²) in [5.41, 5.74) is 3.90. The van der Waals surface area contributed by atoms with E-state index >= 15 is 0 Å². The topological polar surface area (TPSA) is 28.7 Å². The van der Waals surface area contributed by atoms with Gasteiger partial charge in [-0.15, -0.1) is 0 Å². The van der Waals surface area contributed by atoms with Crippen LogP contribution < -0.4 is 0 Å². The van der Waals surface area contributed by atoms with E-state index in [1.54, 1.807) is 0 Å². The summed E-state index contributed by atoms with van der Waals surface area (Å²) in [5, 5.41) is 0. The maximum Gasteiger partial charge on any atom is 0.0349 e. The summed E-state index contributed by atoms with van der Waals surface area (Å²) in [6.07, 6.45) is 7.74. The summed E-state index contributed by atoms with van der Waals surface area (Å²) >= 11 is 0. The third-order valence-electron chi connectivity index (χ3n) is 2.54. The van der Waals surface area contributed by atoms with Gasteiger partial charge in [0.1, 0.15) is 0 Å². The van der Waals surface area contributed by atoms with E-state index in [4.69, 9.17) is 0 Å². The van der Waals surface area contributed by atoms with E-state index < -0.39 is 0 Å². The fourth-order valence-corrected chi connectivity index (χ4v) is 1.77. The lowest BCUT2D eigenvalue weighted by Crippen LogP contribution is -2.12. The molecule has 0 aliphatic carbocycles. The Morgan fingerprint density at radius 1 is 1.20 bits per heavy atom. The maximum atomic E-state index is 4.20. The largest absolute Gasteiger partial charge is 0.367 e. The predicted molar refractivity (Wildman–Crippen MR) is 62.7 cm³/mol. The van der Waals surface area contributed by atoms with Crippen molar-refractivity contribution in [3.8, 4) is 11.1 Å². The van der Waals surface area contributed by atoms with Crippen LogP contribution in [-0.2, 0) is 5.41 Å². The molecule has 78 valence electrons.